The highest BCUT2D eigenvalue weighted by Crippen LogP contribution is 2.23. The topological polar surface area (TPSA) is 93.8 Å². The Morgan fingerprint density at radius 1 is 1.33 bits per heavy atom. The molecule has 0 saturated heterocycles. The molecule has 132 valence electrons. The second-order valence-corrected chi connectivity index (χ2v) is 7.16. The van der Waals surface area contributed by atoms with Gasteiger partial charge in [-0.1, -0.05) is 25.4 Å². The minimum atomic E-state index is -0.597. The van der Waals surface area contributed by atoms with E-state index in [-0.39, 0.29) is 17.5 Å². The number of hydrogen-bond donors (Lipinski definition) is 2. The van der Waals surface area contributed by atoms with Gasteiger partial charge in [0.1, 0.15) is 5.60 Å². The van der Waals surface area contributed by atoms with Crippen LogP contribution >= 0.6 is 11.6 Å². The molecule has 2 amide bonds. The van der Waals surface area contributed by atoms with Gasteiger partial charge < -0.3 is 15.8 Å². The summed E-state index contributed by atoms with van der Waals surface area (Å²) in [6.45, 7) is 9.23. The van der Waals surface area contributed by atoms with Gasteiger partial charge in [0.05, 0.1) is 17.3 Å². The predicted molar refractivity (Wildman–Crippen MR) is 96.1 cm³/mol. The maximum absolute atomic E-state index is 11.9. The fourth-order valence-electron chi connectivity index (χ4n) is 1.80. The number of amides is 2. The highest BCUT2D eigenvalue weighted by molar-refractivity contribution is 6.31. The molecule has 0 saturated carbocycles. The molecule has 24 heavy (non-hydrogen) atoms. The summed E-state index contributed by atoms with van der Waals surface area (Å²) < 4.78 is 5.24. The summed E-state index contributed by atoms with van der Waals surface area (Å²) in [7, 11) is 0. The summed E-state index contributed by atoms with van der Waals surface area (Å²) >= 11 is 5.94. The van der Waals surface area contributed by atoms with Gasteiger partial charge in [-0.3, -0.25) is 9.79 Å². The standard InChI is InChI=1S/C17H24ClN3O3/c1-10(2)14(21-16(23)24-17(3,4)5)9-20-13-8-11(18)6-7-12(13)15(19)22/h6-10,14H,1-5H3,(H2,19,22)(H,21,23)/b20-9+/t14-/m0/s1. The fraction of sp³-hybridized carbons (Fsp3) is 0.471. The van der Waals surface area contributed by atoms with Gasteiger partial charge in [0.15, 0.2) is 0 Å². The molecule has 0 aliphatic carbocycles. The number of ether oxygens (including phenoxy) is 1. The first kappa shape index (κ1) is 20.0. The Bertz CT molecular complexity index is 636. The maximum atomic E-state index is 11.9. The van der Waals surface area contributed by atoms with Crippen molar-refractivity contribution in [2.75, 3.05) is 0 Å². The van der Waals surface area contributed by atoms with Gasteiger partial charge in [0, 0.05) is 11.2 Å². The van der Waals surface area contributed by atoms with E-state index in [0.29, 0.717) is 10.7 Å². The van der Waals surface area contributed by atoms with Gasteiger partial charge >= 0.3 is 6.09 Å². The lowest BCUT2D eigenvalue weighted by Gasteiger charge is -2.23. The summed E-state index contributed by atoms with van der Waals surface area (Å²) in [4.78, 5) is 27.7. The predicted octanol–water partition coefficient (Wildman–Crippen LogP) is 3.69. The third kappa shape index (κ3) is 6.58. The van der Waals surface area contributed by atoms with Crippen LogP contribution in [0.4, 0.5) is 10.5 Å². The van der Waals surface area contributed by atoms with Gasteiger partial charge in [-0.05, 0) is 44.9 Å². The monoisotopic (exact) mass is 353 g/mol. The van der Waals surface area contributed by atoms with E-state index in [1.54, 1.807) is 39.1 Å². The number of nitrogens with one attached hydrogen (secondary N) is 1. The smallest absolute Gasteiger partial charge is 0.408 e. The van der Waals surface area contributed by atoms with Crippen LogP contribution in [0, 0.1) is 5.92 Å². The van der Waals surface area contributed by atoms with Crippen LogP contribution in [0.25, 0.3) is 0 Å². The molecule has 0 radical (unpaired) electrons. The number of aliphatic imine (C=N–C) groups is 1. The summed E-state index contributed by atoms with van der Waals surface area (Å²) in [5.74, 6) is -0.530. The largest absolute Gasteiger partial charge is 0.444 e. The van der Waals surface area contributed by atoms with Crippen LogP contribution in [-0.2, 0) is 4.74 Å². The van der Waals surface area contributed by atoms with Crippen molar-refractivity contribution in [1.82, 2.24) is 5.32 Å². The molecule has 0 spiro atoms. The summed E-state index contributed by atoms with van der Waals surface area (Å²) in [5.41, 5.74) is 5.36. The summed E-state index contributed by atoms with van der Waals surface area (Å²) in [6, 6.07) is 4.26. The molecule has 0 bridgehead atoms. The number of alkyl carbamates (subject to hydrolysis) is 1. The first-order chi connectivity index (χ1) is 11.0. The number of carbonyl (C=O) groups excluding carboxylic acids is 2. The van der Waals surface area contributed by atoms with Gasteiger partial charge in [-0.25, -0.2) is 4.79 Å². The van der Waals surface area contributed by atoms with Crippen molar-refractivity contribution in [1.29, 1.82) is 0 Å². The van der Waals surface area contributed by atoms with Crippen molar-refractivity contribution < 1.29 is 14.3 Å². The van der Waals surface area contributed by atoms with Crippen molar-refractivity contribution in [2.24, 2.45) is 16.6 Å². The van der Waals surface area contributed by atoms with E-state index in [1.807, 2.05) is 13.8 Å². The fourth-order valence-corrected chi connectivity index (χ4v) is 1.97. The number of nitrogens with two attached hydrogens (primary N) is 1. The van der Waals surface area contributed by atoms with Crippen LogP contribution < -0.4 is 11.1 Å². The van der Waals surface area contributed by atoms with Gasteiger partial charge in [-0.2, -0.15) is 0 Å². The maximum Gasteiger partial charge on any atom is 0.408 e. The summed E-state index contributed by atoms with van der Waals surface area (Å²) in [5, 5.41) is 3.19. The van der Waals surface area contributed by atoms with E-state index in [4.69, 9.17) is 22.1 Å². The molecule has 0 aromatic heterocycles. The Morgan fingerprint density at radius 3 is 2.46 bits per heavy atom. The minimum Gasteiger partial charge on any atom is -0.444 e. The number of halogens is 1. The minimum absolute atomic E-state index is 0.0671. The summed E-state index contributed by atoms with van der Waals surface area (Å²) in [6.07, 6.45) is 1.01. The third-order valence-electron chi connectivity index (χ3n) is 3.00. The Labute approximate surface area is 147 Å². The zero-order valence-electron chi connectivity index (χ0n) is 14.6. The second-order valence-electron chi connectivity index (χ2n) is 6.72. The molecule has 3 N–H and O–H groups in total. The van der Waals surface area contributed by atoms with Gasteiger partial charge in [0.2, 0.25) is 0 Å². The van der Waals surface area contributed by atoms with E-state index in [0.717, 1.165) is 0 Å². The van der Waals surface area contributed by atoms with E-state index >= 15 is 0 Å². The molecule has 0 heterocycles. The number of hydrogen-bond acceptors (Lipinski definition) is 4. The van der Waals surface area contributed by atoms with Crippen molar-refractivity contribution in [3.8, 4) is 0 Å². The Hall–Kier alpha value is -2.08. The molecule has 1 rings (SSSR count). The molecule has 0 aliphatic rings. The molecule has 1 atom stereocenters. The van der Waals surface area contributed by atoms with E-state index < -0.39 is 17.6 Å². The quantitative estimate of drug-likeness (QED) is 0.790. The van der Waals surface area contributed by atoms with E-state index in [2.05, 4.69) is 10.3 Å². The average Bonchev–Trinajstić information content (AvgIpc) is 2.40. The second kappa shape index (κ2) is 8.15. The lowest BCUT2D eigenvalue weighted by atomic mass is 10.1. The zero-order chi connectivity index (χ0) is 18.5. The highest BCUT2D eigenvalue weighted by atomic mass is 35.5. The van der Waals surface area contributed by atoms with E-state index in [9.17, 15) is 9.59 Å². The van der Waals surface area contributed by atoms with Crippen molar-refractivity contribution >= 4 is 35.5 Å². The van der Waals surface area contributed by atoms with Gasteiger partial charge in [0.25, 0.3) is 5.91 Å². The Morgan fingerprint density at radius 2 is 1.96 bits per heavy atom. The number of primary amides is 1. The molecule has 0 unspecified atom stereocenters. The van der Waals surface area contributed by atoms with Crippen molar-refractivity contribution in [3.63, 3.8) is 0 Å². The molecule has 6 nitrogen and oxygen atoms in total. The van der Waals surface area contributed by atoms with Crippen LogP contribution in [0.5, 0.6) is 0 Å². The van der Waals surface area contributed by atoms with Crippen LogP contribution in [0.1, 0.15) is 45.0 Å². The van der Waals surface area contributed by atoms with Crippen LogP contribution in [0.2, 0.25) is 5.02 Å². The number of rotatable bonds is 5. The third-order valence-corrected chi connectivity index (χ3v) is 3.24. The zero-order valence-corrected chi connectivity index (χ0v) is 15.3. The Balaban J connectivity index is 2.97. The highest BCUT2D eigenvalue weighted by Gasteiger charge is 2.20. The first-order valence-electron chi connectivity index (χ1n) is 7.62. The molecular formula is C17H24ClN3O3. The van der Waals surface area contributed by atoms with Crippen LogP contribution in [0.15, 0.2) is 23.2 Å². The molecular weight excluding hydrogens is 330 g/mol. The normalized spacial score (nSPS) is 13.1. The van der Waals surface area contributed by atoms with Gasteiger partial charge in [-0.15, -0.1) is 0 Å². The van der Waals surface area contributed by atoms with E-state index in [1.165, 1.54) is 6.07 Å². The van der Waals surface area contributed by atoms with Crippen molar-refractivity contribution in [3.05, 3.63) is 28.8 Å². The lowest BCUT2D eigenvalue weighted by molar-refractivity contribution is 0.0509. The van der Waals surface area contributed by atoms with Crippen LogP contribution in [-0.4, -0.2) is 29.9 Å². The SMILES string of the molecule is CC(C)[C@H](/C=N/c1cc(Cl)ccc1C(N)=O)NC(=O)OC(C)(C)C. The van der Waals surface area contributed by atoms with Crippen LogP contribution in [0.3, 0.4) is 0 Å². The lowest BCUT2D eigenvalue weighted by Crippen LogP contribution is -2.42. The average molecular weight is 354 g/mol. The molecule has 1 aromatic carbocycles. The molecule has 0 fully saturated rings. The molecule has 1 aromatic rings. The number of carbonyl (C=O) groups is 2. The first-order valence-corrected chi connectivity index (χ1v) is 8.00. The Kier molecular flexibility index (Phi) is 6.78. The number of nitrogens with zero attached hydrogens (tertiary/aromatic N) is 1. The van der Waals surface area contributed by atoms with Crippen molar-refractivity contribution in [2.45, 2.75) is 46.3 Å². The molecule has 7 heteroatoms. The number of benzene rings is 1. The molecule has 0 aliphatic heterocycles.